The van der Waals surface area contributed by atoms with E-state index in [1.165, 1.54) is 59.9 Å². The second-order valence-corrected chi connectivity index (χ2v) is 11.6. The minimum absolute atomic E-state index is 0.237. The van der Waals surface area contributed by atoms with Crippen LogP contribution in [0.15, 0.2) is 103 Å². The summed E-state index contributed by atoms with van der Waals surface area (Å²) in [6, 6.07) is 37.7. The Balaban J connectivity index is 1.38. The van der Waals surface area contributed by atoms with Crippen LogP contribution >= 0.6 is 0 Å². The zero-order valence-corrected chi connectivity index (χ0v) is 23.5. The third-order valence-electron chi connectivity index (χ3n) is 8.95. The fourth-order valence-corrected chi connectivity index (χ4v) is 6.74. The van der Waals surface area contributed by atoms with Crippen LogP contribution < -0.4 is 9.47 Å². The van der Waals surface area contributed by atoms with Crippen LogP contribution in [-0.2, 0) is 14.9 Å². The minimum atomic E-state index is -0.330. The Labute approximate surface area is 243 Å². The quantitative estimate of drug-likeness (QED) is 0.142. The zero-order chi connectivity index (χ0) is 27.5. The molecule has 3 aliphatic rings. The van der Waals surface area contributed by atoms with Gasteiger partial charge in [-0.05, 0) is 70.8 Å². The van der Waals surface area contributed by atoms with E-state index in [0.717, 1.165) is 24.7 Å². The Morgan fingerprint density at radius 3 is 1.63 bits per heavy atom. The summed E-state index contributed by atoms with van der Waals surface area (Å²) in [6.07, 6.45) is 6.67. The van der Waals surface area contributed by atoms with Crippen molar-refractivity contribution < 1.29 is 18.9 Å². The summed E-state index contributed by atoms with van der Waals surface area (Å²) in [4.78, 5) is 0. The molecule has 0 spiro atoms. The smallest absolute Gasteiger partial charge is 0.119 e. The van der Waals surface area contributed by atoms with Gasteiger partial charge in [-0.3, -0.25) is 0 Å². The highest BCUT2D eigenvalue weighted by molar-refractivity contribution is 5.72. The van der Waals surface area contributed by atoms with Gasteiger partial charge < -0.3 is 18.9 Å². The molecule has 210 valence electrons. The highest BCUT2D eigenvalue weighted by Gasteiger charge is 2.45. The van der Waals surface area contributed by atoms with Gasteiger partial charge in [-0.2, -0.15) is 0 Å². The van der Waals surface area contributed by atoms with Gasteiger partial charge in [0.1, 0.15) is 36.9 Å². The largest absolute Gasteiger partial charge is 0.491 e. The SMILES string of the molecule is c1ccc(-c2ccccc2C(c2ccc(OCC3CO3)cc2)(c2ccc(OCC3CO3)cc2)C2CCCCC2)cc1. The van der Waals surface area contributed by atoms with Crippen molar-refractivity contribution in [1.82, 2.24) is 0 Å². The predicted octanol–water partition coefficient (Wildman–Crippen LogP) is 7.82. The van der Waals surface area contributed by atoms with Crippen LogP contribution in [0.3, 0.4) is 0 Å². The van der Waals surface area contributed by atoms with E-state index in [9.17, 15) is 0 Å². The van der Waals surface area contributed by atoms with Crippen molar-refractivity contribution in [3.8, 4) is 22.6 Å². The van der Waals surface area contributed by atoms with Crippen LogP contribution in [-0.4, -0.2) is 38.6 Å². The molecule has 4 aromatic carbocycles. The lowest BCUT2D eigenvalue weighted by atomic mass is 9.57. The molecule has 2 saturated heterocycles. The van der Waals surface area contributed by atoms with E-state index in [1.807, 2.05) is 0 Å². The van der Waals surface area contributed by atoms with Crippen molar-refractivity contribution >= 4 is 0 Å². The van der Waals surface area contributed by atoms with Crippen LogP contribution in [0.25, 0.3) is 11.1 Å². The van der Waals surface area contributed by atoms with Crippen molar-refractivity contribution in [2.24, 2.45) is 5.92 Å². The molecule has 3 fully saturated rings. The molecule has 0 aromatic heterocycles. The van der Waals surface area contributed by atoms with Gasteiger partial charge in [-0.25, -0.2) is 0 Å². The van der Waals surface area contributed by atoms with E-state index in [-0.39, 0.29) is 17.6 Å². The summed E-state index contributed by atoms with van der Waals surface area (Å²) in [5.74, 6) is 2.24. The molecule has 0 bridgehead atoms. The molecular weight excluding hydrogens is 508 g/mol. The van der Waals surface area contributed by atoms with E-state index in [0.29, 0.717) is 19.1 Å². The highest BCUT2D eigenvalue weighted by atomic mass is 16.6. The average molecular weight is 547 g/mol. The number of rotatable bonds is 11. The fourth-order valence-electron chi connectivity index (χ4n) is 6.74. The standard InChI is InChI=1S/C37H38O4/c1-3-9-27(10-4-1)35-13-7-8-14-36(35)37(28-11-5-2-6-12-28,29-15-19-31(20-16-29)38-23-33-25-40-33)30-17-21-32(22-18-30)39-24-34-26-41-34/h1,3-4,7-10,13-22,28,33-34H,2,5-6,11-12,23-26H2. The Bertz CT molecular complexity index is 1360. The van der Waals surface area contributed by atoms with Gasteiger partial charge in [0, 0.05) is 5.41 Å². The topological polar surface area (TPSA) is 43.5 Å². The molecule has 7 rings (SSSR count). The number of hydrogen-bond donors (Lipinski definition) is 0. The fraction of sp³-hybridized carbons (Fsp3) is 0.351. The van der Waals surface area contributed by atoms with Crippen LogP contribution in [0.4, 0.5) is 0 Å². The molecule has 4 aromatic rings. The summed E-state index contributed by atoms with van der Waals surface area (Å²) in [7, 11) is 0. The Hall–Kier alpha value is -3.60. The molecule has 0 N–H and O–H groups in total. The summed E-state index contributed by atoms with van der Waals surface area (Å²) >= 11 is 0. The number of hydrogen-bond acceptors (Lipinski definition) is 4. The first-order valence-electron chi connectivity index (χ1n) is 15.2. The maximum Gasteiger partial charge on any atom is 0.119 e. The van der Waals surface area contributed by atoms with Gasteiger partial charge in [0.15, 0.2) is 0 Å². The monoisotopic (exact) mass is 546 g/mol. The number of epoxide rings is 2. The second-order valence-electron chi connectivity index (χ2n) is 11.6. The van der Waals surface area contributed by atoms with Gasteiger partial charge in [-0.15, -0.1) is 0 Å². The highest BCUT2D eigenvalue weighted by Crippen LogP contribution is 2.53. The van der Waals surface area contributed by atoms with Gasteiger partial charge in [0.25, 0.3) is 0 Å². The van der Waals surface area contributed by atoms with Crippen molar-refractivity contribution in [3.05, 3.63) is 120 Å². The third-order valence-corrected chi connectivity index (χ3v) is 8.95. The lowest BCUT2D eigenvalue weighted by Gasteiger charge is -2.45. The molecular formula is C37H38O4. The van der Waals surface area contributed by atoms with Crippen molar-refractivity contribution in [2.75, 3.05) is 26.4 Å². The van der Waals surface area contributed by atoms with Gasteiger partial charge >= 0.3 is 0 Å². The Morgan fingerprint density at radius 2 is 1.10 bits per heavy atom. The molecule has 2 heterocycles. The maximum atomic E-state index is 6.06. The van der Waals surface area contributed by atoms with Gasteiger partial charge in [0.05, 0.1) is 13.2 Å². The molecule has 0 amide bonds. The molecule has 1 aliphatic carbocycles. The molecule has 41 heavy (non-hydrogen) atoms. The summed E-state index contributed by atoms with van der Waals surface area (Å²) < 4.78 is 22.8. The lowest BCUT2D eigenvalue weighted by Crippen LogP contribution is -2.39. The first-order chi connectivity index (χ1) is 20.3. The van der Waals surface area contributed by atoms with E-state index in [2.05, 4.69) is 103 Å². The van der Waals surface area contributed by atoms with Crippen LogP contribution in [0.2, 0.25) is 0 Å². The molecule has 2 aliphatic heterocycles. The first-order valence-corrected chi connectivity index (χ1v) is 15.2. The summed E-state index contributed by atoms with van der Waals surface area (Å²) in [5.41, 5.74) is 6.18. The summed E-state index contributed by atoms with van der Waals surface area (Å²) in [5, 5.41) is 0. The third kappa shape index (κ3) is 5.64. The Kier molecular flexibility index (Phi) is 7.52. The zero-order valence-electron chi connectivity index (χ0n) is 23.5. The molecule has 4 heteroatoms. The van der Waals surface area contributed by atoms with Crippen molar-refractivity contribution in [1.29, 1.82) is 0 Å². The number of ether oxygens (including phenoxy) is 4. The average Bonchev–Trinajstić information content (AvgIpc) is 3.98. The molecule has 2 atom stereocenters. The summed E-state index contributed by atoms with van der Waals surface area (Å²) in [6.45, 7) is 2.81. The van der Waals surface area contributed by atoms with Crippen LogP contribution in [0.1, 0.15) is 48.8 Å². The van der Waals surface area contributed by atoms with E-state index in [1.54, 1.807) is 0 Å². The predicted molar refractivity (Wildman–Crippen MR) is 162 cm³/mol. The molecule has 2 unspecified atom stereocenters. The van der Waals surface area contributed by atoms with E-state index >= 15 is 0 Å². The maximum absolute atomic E-state index is 6.06. The van der Waals surface area contributed by atoms with Crippen LogP contribution in [0, 0.1) is 5.92 Å². The first kappa shape index (κ1) is 26.3. The lowest BCUT2D eigenvalue weighted by molar-refractivity contribution is 0.260. The van der Waals surface area contributed by atoms with Crippen molar-refractivity contribution in [3.63, 3.8) is 0 Å². The van der Waals surface area contributed by atoms with Crippen molar-refractivity contribution in [2.45, 2.75) is 49.7 Å². The van der Waals surface area contributed by atoms with Gasteiger partial charge in [0.2, 0.25) is 0 Å². The number of benzene rings is 4. The normalized spacial score (nSPS) is 21.6. The minimum Gasteiger partial charge on any atom is -0.491 e. The second kappa shape index (κ2) is 11.7. The van der Waals surface area contributed by atoms with E-state index < -0.39 is 0 Å². The van der Waals surface area contributed by atoms with Crippen LogP contribution in [0.5, 0.6) is 11.5 Å². The van der Waals surface area contributed by atoms with Gasteiger partial charge in [-0.1, -0.05) is 98.1 Å². The molecule has 0 radical (unpaired) electrons. The Morgan fingerprint density at radius 1 is 0.585 bits per heavy atom. The molecule has 4 nitrogen and oxygen atoms in total. The van der Waals surface area contributed by atoms with E-state index in [4.69, 9.17) is 18.9 Å². The molecule has 1 saturated carbocycles.